The molecular weight excluding hydrogens is 330 g/mol. The molecule has 0 aliphatic carbocycles. The lowest BCUT2D eigenvalue weighted by Gasteiger charge is -2.16. The van der Waals surface area contributed by atoms with Crippen molar-refractivity contribution in [3.63, 3.8) is 0 Å². The van der Waals surface area contributed by atoms with Gasteiger partial charge in [0.1, 0.15) is 0 Å². The van der Waals surface area contributed by atoms with Crippen LogP contribution in [0.2, 0.25) is 0 Å². The van der Waals surface area contributed by atoms with Crippen molar-refractivity contribution >= 4 is 32.5 Å². The van der Waals surface area contributed by atoms with Crippen molar-refractivity contribution in [2.24, 2.45) is 0 Å². The molecule has 2 N–H and O–H groups in total. The molecule has 0 atom stereocenters. The van der Waals surface area contributed by atoms with Gasteiger partial charge in [0, 0.05) is 21.8 Å². The third-order valence-corrected chi connectivity index (χ3v) is 4.62. The fraction of sp³-hybridized carbons (Fsp3) is 0.188. The maximum atomic E-state index is 6.05. The minimum absolute atomic E-state index is 0.551. The summed E-state index contributed by atoms with van der Waals surface area (Å²) in [5, 5.41) is 6.87. The molecule has 4 rings (SSSR count). The highest BCUT2D eigenvalue weighted by atomic mass is 79.9. The Morgan fingerprint density at radius 2 is 1.95 bits per heavy atom. The van der Waals surface area contributed by atoms with E-state index in [0.29, 0.717) is 19.0 Å². The summed E-state index contributed by atoms with van der Waals surface area (Å²) in [6, 6.07) is 12.4. The van der Waals surface area contributed by atoms with Crippen LogP contribution in [-0.4, -0.2) is 16.4 Å². The number of rotatable bonds is 1. The number of nitrogens with zero attached hydrogens (tertiary/aromatic N) is 2. The normalized spacial score (nSPS) is 14.3. The number of aromatic nitrogens is 2. The largest absolute Gasteiger partial charge is 0.382 e. The van der Waals surface area contributed by atoms with Crippen molar-refractivity contribution in [2.75, 3.05) is 12.3 Å². The Bertz CT molecular complexity index is 841. The second-order valence-electron chi connectivity index (χ2n) is 5.14. The van der Waals surface area contributed by atoms with E-state index in [-0.39, 0.29) is 0 Å². The fourth-order valence-corrected chi connectivity index (χ4v) is 3.37. The van der Waals surface area contributed by atoms with Crippen LogP contribution in [0.25, 0.3) is 16.5 Å². The van der Waals surface area contributed by atoms with Gasteiger partial charge < -0.3 is 10.5 Å². The Hall–Kier alpha value is -1.85. The van der Waals surface area contributed by atoms with Gasteiger partial charge in [-0.1, -0.05) is 40.2 Å². The molecule has 106 valence electrons. The van der Waals surface area contributed by atoms with E-state index >= 15 is 0 Å². The Morgan fingerprint density at radius 1 is 1.14 bits per heavy atom. The molecule has 0 saturated carbocycles. The van der Waals surface area contributed by atoms with E-state index in [1.54, 1.807) is 0 Å². The van der Waals surface area contributed by atoms with Crippen molar-refractivity contribution in [1.82, 2.24) is 9.78 Å². The van der Waals surface area contributed by atoms with Crippen LogP contribution in [0.3, 0.4) is 0 Å². The van der Waals surface area contributed by atoms with E-state index in [0.717, 1.165) is 33.2 Å². The summed E-state index contributed by atoms with van der Waals surface area (Å²) in [6.45, 7) is 1.27. The molecule has 0 radical (unpaired) electrons. The van der Waals surface area contributed by atoms with Crippen molar-refractivity contribution in [2.45, 2.75) is 13.0 Å². The van der Waals surface area contributed by atoms with E-state index < -0.39 is 0 Å². The first-order valence-electron chi connectivity index (χ1n) is 6.87. The van der Waals surface area contributed by atoms with Crippen molar-refractivity contribution in [3.8, 4) is 5.69 Å². The lowest BCUT2D eigenvalue weighted by atomic mass is 10.1. The van der Waals surface area contributed by atoms with Crippen LogP contribution in [0.4, 0.5) is 5.82 Å². The summed E-state index contributed by atoms with van der Waals surface area (Å²) < 4.78 is 8.55. The molecular formula is C16H14BrN3O. The van der Waals surface area contributed by atoms with Crippen molar-refractivity contribution < 1.29 is 4.74 Å². The van der Waals surface area contributed by atoms with E-state index in [4.69, 9.17) is 10.5 Å². The number of fused-ring (bicyclic) bond motifs is 2. The molecule has 2 aromatic carbocycles. The van der Waals surface area contributed by atoms with Gasteiger partial charge >= 0.3 is 0 Å². The molecule has 5 heteroatoms. The molecule has 0 saturated heterocycles. The molecule has 1 aromatic heterocycles. The zero-order valence-corrected chi connectivity index (χ0v) is 12.9. The predicted octanol–water partition coefficient (Wildman–Crippen LogP) is 3.44. The van der Waals surface area contributed by atoms with Gasteiger partial charge in [0.15, 0.2) is 5.82 Å². The van der Waals surface area contributed by atoms with Crippen LogP contribution in [0, 0.1) is 0 Å². The molecule has 0 fully saturated rings. The minimum Gasteiger partial charge on any atom is -0.382 e. The van der Waals surface area contributed by atoms with E-state index in [9.17, 15) is 0 Å². The van der Waals surface area contributed by atoms with Gasteiger partial charge in [-0.2, -0.15) is 5.10 Å². The molecule has 2 heterocycles. The molecule has 1 aliphatic rings. The molecule has 4 nitrogen and oxygen atoms in total. The van der Waals surface area contributed by atoms with E-state index in [1.165, 1.54) is 5.39 Å². The van der Waals surface area contributed by atoms with Crippen LogP contribution in [0.5, 0.6) is 0 Å². The van der Waals surface area contributed by atoms with Crippen LogP contribution in [0.1, 0.15) is 11.3 Å². The summed E-state index contributed by atoms with van der Waals surface area (Å²) in [6.07, 6.45) is 0.837. The van der Waals surface area contributed by atoms with Gasteiger partial charge in [-0.3, -0.25) is 0 Å². The van der Waals surface area contributed by atoms with Gasteiger partial charge in [0.05, 0.1) is 24.6 Å². The number of hydrogen-bond acceptors (Lipinski definition) is 3. The zero-order chi connectivity index (χ0) is 14.4. The van der Waals surface area contributed by atoms with Crippen LogP contribution in [-0.2, 0) is 17.8 Å². The molecule has 0 spiro atoms. The third kappa shape index (κ3) is 1.96. The number of benzene rings is 2. The second kappa shape index (κ2) is 4.86. The lowest BCUT2D eigenvalue weighted by Crippen LogP contribution is -2.13. The number of anilines is 1. The lowest BCUT2D eigenvalue weighted by molar-refractivity contribution is 0.110. The Morgan fingerprint density at radius 3 is 2.81 bits per heavy atom. The van der Waals surface area contributed by atoms with Gasteiger partial charge in [-0.05, 0) is 17.5 Å². The van der Waals surface area contributed by atoms with Gasteiger partial charge in [-0.15, -0.1) is 0 Å². The Labute approximate surface area is 130 Å². The first-order chi connectivity index (χ1) is 10.3. The molecule has 0 amide bonds. The summed E-state index contributed by atoms with van der Waals surface area (Å²) in [5.41, 5.74) is 9.29. The summed E-state index contributed by atoms with van der Waals surface area (Å²) in [4.78, 5) is 0. The first-order valence-corrected chi connectivity index (χ1v) is 7.66. The quantitative estimate of drug-likeness (QED) is 0.736. The van der Waals surface area contributed by atoms with E-state index in [1.807, 2.05) is 16.8 Å². The monoisotopic (exact) mass is 343 g/mol. The molecule has 0 unspecified atom stereocenters. The summed E-state index contributed by atoms with van der Waals surface area (Å²) in [5.74, 6) is 0.566. The average Bonchev–Trinajstić information content (AvgIpc) is 2.86. The third-order valence-electron chi connectivity index (χ3n) is 3.93. The number of halogens is 1. The topological polar surface area (TPSA) is 53.1 Å². The number of nitrogen functional groups attached to an aromatic ring is 1. The summed E-state index contributed by atoms with van der Waals surface area (Å²) >= 11 is 3.61. The maximum Gasteiger partial charge on any atom is 0.151 e. The van der Waals surface area contributed by atoms with Crippen molar-refractivity contribution in [3.05, 3.63) is 52.1 Å². The molecule has 1 aliphatic heterocycles. The van der Waals surface area contributed by atoms with Crippen LogP contribution < -0.4 is 5.73 Å². The van der Waals surface area contributed by atoms with Crippen LogP contribution >= 0.6 is 15.9 Å². The van der Waals surface area contributed by atoms with Gasteiger partial charge in [0.25, 0.3) is 0 Å². The Balaban J connectivity index is 2.02. The number of nitrogens with two attached hydrogens (primary N) is 1. The van der Waals surface area contributed by atoms with Crippen molar-refractivity contribution in [1.29, 1.82) is 0 Å². The molecule has 21 heavy (non-hydrogen) atoms. The highest BCUT2D eigenvalue weighted by Crippen LogP contribution is 2.32. The average molecular weight is 344 g/mol. The van der Waals surface area contributed by atoms with Gasteiger partial charge in [-0.25, -0.2) is 4.68 Å². The smallest absolute Gasteiger partial charge is 0.151 e. The SMILES string of the molecule is Nc1nn(-c2ccc(Br)c3ccccc23)c2c1COCC2. The number of ether oxygens (including phenoxy) is 1. The predicted molar refractivity (Wildman–Crippen MR) is 86.5 cm³/mol. The highest BCUT2D eigenvalue weighted by Gasteiger charge is 2.21. The minimum atomic E-state index is 0.551. The highest BCUT2D eigenvalue weighted by molar-refractivity contribution is 9.10. The summed E-state index contributed by atoms with van der Waals surface area (Å²) in [7, 11) is 0. The fourth-order valence-electron chi connectivity index (χ4n) is 2.89. The Kier molecular flexibility index (Phi) is 2.97. The first kappa shape index (κ1) is 12.9. The second-order valence-corrected chi connectivity index (χ2v) is 5.99. The van der Waals surface area contributed by atoms with Crippen LogP contribution in [0.15, 0.2) is 40.9 Å². The standard InChI is InChI=1S/C16H14BrN3O/c17-13-5-6-14(11-4-2-1-3-10(11)13)20-15-7-8-21-9-12(15)16(18)19-20/h1-6H,7-9H2,(H2,18,19). The molecule has 3 aromatic rings. The van der Waals surface area contributed by atoms with E-state index in [2.05, 4.69) is 45.3 Å². The zero-order valence-electron chi connectivity index (χ0n) is 11.3. The number of hydrogen-bond donors (Lipinski definition) is 1. The van der Waals surface area contributed by atoms with Gasteiger partial charge in [0.2, 0.25) is 0 Å². The molecule has 0 bridgehead atoms. The maximum absolute atomic E-state index is 6.05.